The van der Waals surface area contributed by atoms with Crippen molar-refractivity contribution in [1.29, 1.82) is 0 Å². The molecule has 1 aromatic carbocycles. The van der Waals surface area contributed by atoms with Crippen molar-refractivity contribution < 1.29 is 31.5 Å². The molecule has 0 bridgehead atoms. The summed E-state index contributed by atoms with van der Waals surface area (Å²) < 4.78 is 64.3. The van der Waals surface area contributed by atoms with E-state index >= 15 is 0 Å². The van der Waals surface area contributed by atoms with Crippen LogP contribution in [0.1, 0.15) is 23.5 Å². The largest absolute Gasteiger partial charge is 0.424 e. The Kier molecular flexibility index (Phi) is 6.84. The van der Waals surface area contributed by atoms with Gasteiger partial charge in [0.2, 0.25) is 11.5 Å². The van der Waals surface area contributed by atoms with E-state index in [1.165, 1.54) is 24.4 Å². The number of aliphatic hydroxyl groups is 1. The zero-order chi connectivity index (χ0) is 21.0. The van der Waals surface area contributed by atoms with Gasteiger partial charge in [0.05, 0.1) is 17.1 Å². The molecule has 0 saturated heterocycles. The second kappa shape index (κ2) is 8.58. The van der Waals surface area contributed by atoms with Gasteiger partial charge >= 0.3 is 6.18 Å². The number of carbonyl (C=O) groups excluding carboxylic acids is 1. The number of alkyl halides is 3. The molecule has 1 heterocycles. The van der Waals surface area contributed by atoms with Crippen molar-refractivity contribution in [3.05, 3.63) is 46.4 Å². The van der Waals surface area contributed by atoms with E-state index in [-0.39, 0.29) is 23.6 Å². The summed E-state index contributed by atoms with van der Waals surface area (Å²) in [4.78, 5) is 15.7. The zero-order valence-electron chi connectivity index (χ0n) is 14.9. The Labute approximate surface area is 164 Å². The minimum absolute atomic E-state index is 0.0176. The summed E-state index contributed by atoms with van der Waals surface area (Å²) in [5.41, 5.74) is -3.10. The van der Waals surface area contributed by atoms with Gasteiger partial charge in [0, 0.05) is 17.6 Å². The van der Waals surface area contributed by atoms with Crippen molar-refractivity contribution in [2.75, 3.05) is 12.3 Å². The molecule has 1 unspecified atom stereocenters. The topological polar surface area (TPSA) is 96.4 Å². The van der Waals surface area contributed by atoms with Crippen molar-refractivity contribution in [2.24, 2.45) is 0 Å². The van der Waals surface area contributed by atoms with Gasteiger partial charge in [0.15, 0.2) is 9.84 Å². The van der Waals surface area contributed by atoms with Crippen LogP contribution in [0.4, 0.5) is 13.2 Å². The highest BCUT2D eigenvalue weighted by molar-refractivity contribution is 7.91. The summed E-state index contributed by atoms with van der Waals surface area (Å²) in [5, 5.41) is 13.1. The molecule has 11 heteroatoms. The molecule has 28 heavy (non-hydrogen) atoms. The number of hydrogen-bond acceptors (Lipinski definition) is 6. The first-order valence-electron chi connectivity index (χ1n) is 8.22. The van der Waals surface area contributed by atoms with Gasteiger partial charge in [-0.25, -0.2) is 13.4 Å². The van der Waals surface area contributed by atoms with E-state index in [1.54, 1.807) is 18.2 Å². The number of thiazole rings is 1. The predicted octanol–water partition coefficient (Wildman–Crippen LogP) is 2.57. The molecule has 0 aliphatic rings. The molecule has 1 aromatic heterocycles. The van der Waals surface area contributed by atoms with Gasteiger partial charge in [-0.3, -0.25) is 4.79 Å². The summed E-state index contributed by atoms with van der Waals surface area (Å²) >= 11 is 0.614. The highest BCUT2D eigenvalue weighted by atomic mass is 32.2. The van der Waals surface area contributed by atoms with Gasteiger partial charge in [-0.15, -0.1) is 11.3 Å². The van der Waals surface area contributed by atoms with E-state index in [1.807, 2.05) is 0 Å². The first kappa shape index (κ1) is 22.3. The predicted molar refractivity (Wildman–Crippen MR) is 97.5 cm³/mol. The Morgan fingerprint density at radius 1 is 1.25 bits per heavy atom. The van der Waals surface area contributed by atoms with Crippen molar-refractivity contribution in [3.8, 4) is 0 Å². The number of benzene rings is 1. The van der Waals surface area contributed by atoms with Gasteiger partial charge in [-0.05, 0) is 25.5 Å². The standard InChI is InChI=1S/C17H19F3N2O4S2/c1-12-11-27-15(22-12)16(24,17(18,19)20)10-14(23)21-8-5-9-28(25,26)13-6-3-2-4-7-13/h2-4,6-7,11,24H,5,8-10H2,1H3,(H,21,23). The Bertz CT molecular complexity index is 914. The summed E-state index contributed by atoms with van der Waals surface area (Å²) in [7, 11) is -3.55. The van der Waals surface area contributed by atoms with Crippen LogP contribution in [0.25, 0.3) is 0 Å². The number of aryl methyl sites for hydroxylation is 1. The smallest absolute Gasteiger partial charge is 0.374 e. The average Bonchev–Trinajstić information content (AvgIpc) is 3.05. The molecule has 0 radical (unpaired) electrons. The monoisotopic (exact) mass is 436 g/mol. The molecule has 1 amide bonds. The van der Waals surface area contributed by atoms with Gasteiger partial charge in [0.1, 0.15) is 5.01 Å². The molecule has 0 aliphatic heterocycles. The van der Waals surface area contributed by atoms with Crippen molar-refractivity contribution in [1.82, 2.24) is 10.3 Å². The van der Waals surface area contributed by atoms with E-state index in [0.717, 1.165) is 0 Å². The molecule has 6 nitrogen and oxygen atoms in total. The number of rotatable bonds is 8. The number of nitrogens with zero attached hydrogens (tertiary/aromatic N) is 1. The van der Waals surface area contributed by atoms with E-state index < -0.39 is 39.0 Å². The first-order valence-corrected chi connectivity index (χ1v) is 10.7. The number of carbonyl (C=O) groups is 1. The third-order valence-electron chi connectivity index (χ3n) is 3.87. The fourth-order valence-corrected chi connectivity index (χ4v) is 4.62. The molecule has 2 N–H and O–H groups in total. The van der Waals surface area contributed by atoms with Gasteiger partial charge < -0.3 is 10.4 Å². The normalized spacial score (nSPS) is 14.5. The third-order valence-corrected chi connectivity index (χ3v) is 6.80. The van der Waals surface area contributed by atoms with E-state index in [9.17, 15) is 31.5 Å². The van der Waals surface area contributed by atoms with Crippen molar-refractivity contribution in [3.63, 3.8) is 0 Å². The molecule has 0 spiro atoms. The quantitative estimate of drug-likeness (QED) is 0.620. The minimum Gasteiger partial charge on any atom is -0.374 e. The van der Waals surface area contributed by atoms with Crippen LogP contribution in [0.15, 0.2) is 40.6 Å². The average molecular weight is 436 g/mol. The molecule has 0 fully saturated rings. The van der Waals surface area contributed by atoms with Crippen molar-refractivity contribution in [2.45, 2.75) is 36.4 Å². The zero-order valence-corrected chi connectivity index (χ0v) is 16.5. The SMILES string of the molecule is Cc1csc(C(O)(CC(=O)NCCCS(=O)(=O)c2ccccc2)C(F)(F)F)n1. The molecule has 0 saturated carbocycles. The third kappa shape index (κ3) is 5.30. The van der Waals surface area contributed by atoms with E-state index in [4.69, 9.17) is 0 Å². The lowest BCUT2D eigenvalue weighted by molar-refractivity contribution is -0.267. The Morgan fingerprint density at radius 2 is 1.89 bits per heavy atom. The Morgan fingerprint density at radius 3 is 2.43 bits per heavy atom. The number of amides is 1. The second-order valence-electron chi connectivity index (χ2n) is 6.16. The minimum atomic E-state index is -5.09. The molecular formula is C17H19F3N2O4S2. The number of aromatic nitrogens is 1. The maximum Gasteiger partial charge on any atom is 0.424 e. The van der Waals surface area contributed by atoms with Gasteiger partial charge in [-0.1, -0.05) is 18.2 Å². The number of sulfone groups is 1. The van der Waals surface area contributed by atoms with Crippen LogP contribution < -0.4 is 5.32 Å². The van der Waals surface area contributed by atoms with E-state index in [2.05, 4.69) is 10.3 Å². The van der Waals surface area contributed by atoms with Gasteiger partial charge in [-0.2, -0.15) is 13.2 Å². The lowest BCUT2D eigenvalue weighted by Gasteiger charge is -2.27. The van der Waals surface area contributed by atoms with Crippen molar-refractivity contribution >= 4 is 27.1 Å². The molecule has 1 atom stereocenters. The van der Waals surface area contributed by atoms with Gasteiger partial charge in [0.25, 0.3) is 0 Å². The van der Waals surface area contributed by atoms with Crippen LogP contribution in [0.3, 0.4) is 0 Å². The molecule has 2 aromatic rings. The summed E-state index contributed by atoms with van der Waals surface area (Å²) in [5.74, 6) is -1.32. The second-order valence-corrected chi connectivity index (χ2v) is 9.13. The van der Waals surface area contributed by atoms with Crippen LogP contribution in [-0.4, -0.2) is 42.9 Å². The number of halogens is 3. The van der Waals surface area contributed by atoms with E-state index in [0.29, 0.717) is 17.0 Å². The fraction of sp³-hybridized carbons (Fsp3) is 0.412. The highest BCUT2D eigenvalue weighted by Gasteiger charge is 2.58. The Hall–Kier alpha value is -1.98. The van der Waals surface area contributed by atoms with Crippen LogP contribution >= 0.6 is 11.3 Å². The molecule has 154 valence electrons. The molecular weight excluding hydrogens is 417 g/mol. The molecule has 0 aliphatic carbocycles. The summed E-state index contributed by atoms with van der Waals surface area (Å²) in [6, 6.07) is 7.70. The fourth-order valence-electron chi connectivity index (χ4n) is 2.37. The van der Waals surface area contributed by atoms with Crippen LogP contribution in [-0.2, 0) is 20.2 Å². The number of nitrogens with one attached hydrogen (secondary N) is 1. The van der Waals surface area contributed by atoms with Crippen LogP contribution in [0, 0.1) is 6.92 Å². The lowest BCUT2D eigenvalue weighted by Crippen LogP contribution is -2.46. The maximum atomic E-state index is 13.3. The maximum absolute atomic E-state index is 13.3. The Balaban J connectivity index is 1.94. The number of hydrogen-bond donors (Lipinski definition) is 2. The summed E-state index contributed by atoms with van der Waals surface area (Å²) in [6.07, 6.45) is -6.33. The van der Waals surface area contributed by atoms with Crippen LogP contribution in [0.5, 0.6) is 0 Å². The van der Waals surface area contributed by atoms with Crippen LogP contribution in [0.2, 0.25) is 0 Å². The summed E-state index contributed by atoms with van der Waals surface area (Å²) in [6.45, 7) is 1.33. The highest BCUT2D eigenvalue weighted by Crippen LogP contribution is 2.42. The first-order chi connectivity index (χ1) is 13.0. The molecule has 2 rings (SSSR count). The lowest BCUT2D eigenvalue weighted by atomic mass is 9.99.